The van der Waals surface area contributed by atoms with Crippen LogP contribution in [0.5, 0.6) is 0 Å². The number of carbonyl (C=O) groups is 1. The smallest absolute Gasteiger partial charge is 0.272 e. The summed E-state index contributed by atoms with van der Waals surface area (Å²) in [5.74, 6) is 1.35. The van der Waals surface area contributed by atoms with E-state index in [0.717, 1.165) is 5.75 Å². The average molecular weight is 240 g/mol. The molecule has 0 bridgehead atoms. The highest BCUT2D eigenvalue weighted by Crippen LogP contribution is 2.02. The van der Waals surface area contributed by atoms with Crippen LogP contribution in [0.15, 0.2) is 12.1 Å². The summed E-state index contributed by atoms with van der Waals surface area (Å²) in [4.78, 5) is 11.7. The Kier molecular flexibility index (Phi) is 5.04. The Morgan fingerprint density at radius 1 is 1.50 bits per heavy atom. The SMILES string of the molecule is CNc1ccc(C(=O)NC(C)CSC)nn1. The molecule has 0 aromatic carbocycles. The molecule has 1 atom stereocenters. The molecular formula is C10H16N4OS. The van der Waals surface area contributed by atoms with E-state index in [1.54, 1.807) is 30.9 Å². The van der Waals surface area contributed by atoms with Gasteiger partial charge in [0.05, 0.1) is 0 Å². The normalized spacial score (nSPS) is 11.9. The number of nitrogens with one attached hydrogen (secondary N) is 2. The largest absolute Gasteiger partial charge is 0.372 e. The maximum atomic E-state index is 11.7. The predicted octanol–water partition coefficient (Wildman–Crippen LogP) is 1.000. The lowest BCUT2D eigenvalue weighted by molar-refractivity contribution is 0.0938. The van der Waals surface area contributed by atoms with Crippen LogP contribution in [-0.2, 0) is 0 Å². The van der Waals surface area contributed by atoms with Crippen LogP contribution < -0.4 is 10.6 Å². The Bertz CT molecular complexity index is 341. The second-order valence-corrected chi connectivity index (χ2v) is 4.29. The third-order valence-electron chi connectivity index (χ3n) is 1.95. The maximum Gasteiger partial charge on any atom is 0.272 e. The third kappa shape index (κ3) is 3.69. The highest BCUT2D eigenvalue weighted by molar-refractivity contribution is 7.98. The van der Waals surface area contributed by atoms with Gasteiger partial charge >= 0.3 is 0 Å². The summed E-state index contributed by atoms with van der Waals surface area (Å²) in [5, 5.41) is 13.4. The lowest BCUT2D eigenvalue weighted by Gasteiger charge is -2.11. The van der Waals surface area contributed by atoms with Crippen molar-refractivity contribution >= 4 is 23.5 Å². The second kappa shape index (κ2) is 6.32. The molecular weight excluding hydrogens is 224 g/mol. The number of hydrogen-bond acceptors (Lipinski definition) is 5. The Balaban J connectivity index is 2.59. The minimum absolute atomic E-state index is 0.133. The first-order valence-electron chi connectivity index (χ1n) is 4.98. The zero-order valence-electron chi connectivity index (χ0n) is 9.65. The quantitative estimate of drug-likeness (QED) is 0.803. The van der Waals surface area contributed by atoms with Crippen molar-refractivity contribution < 1.29 is 4.79 Å². The molecule has 1 aromatic heterocycles. The molecule has 0 aliphatic rings. The summed E-state index contributed by atoms with van der Waals surface area (Å²) in [6, 6.07) is 3.51. The van der Waals surface area contributed by atoms with Crippen LogP contribution in [0.1, 0.15) is 17.4 Å². The topological polar surface area (TPSA) is 66.9 Å². The van der Waals surface area contributed by atoms with Gasteiger partial charge in [-0.1, -0.05) is 0 Å². The monoisotopic (exact) mass is 240 g/mol. The van der Waals surface area contributed by atoms with Crippen molar-refractivity contribution in [3.8, 4) is 0 Å². The first kappa shape index (κ1) is 12.8. The maximum absolute atomic E-state index is 11.7. The van der Waals surface area contributed by atoms with Crippen LogP contribution in [0.4, 0.5) is 5.82 Å². The van der Waals surface area contributed by atoms with Gasteiger partial charge < -0.3 is 10.6 Å². The number of aromatic nitrogens is 2. The zero-order chi connectivity index (χ0) is 12.0. The average Bonchev–Trinajstić information content (AvgIpc) is 2.29. The fourth-order valence-electron chi connectivity index (χ4n) is 1.18. The zero-order valence-corrected chi connectivity index (χ0v) is 10.5. The minimum atomic E-state index is -0.184. The summed E-state index contributed by atoms with van der Waals surface area (Å²) in [6.07, 6.45) is 2.00. The van der Waals surface area contributed by atoms with Crippen molar-refractivity contribution in [2.24, 2.45) is 0 Å². The number of hydrogen-bond donors (Lipinski definition) is 2. The van der Waals surface area contributed by atoms with E-state index in [-0.39, 0.29) is 11.9 Å². The Morgan fingerprint density at radius 3 is 2.75 bits per heavy atom. The molecule has 0 spiro atoms. The molecule has 5 nitrogen and oxygen atoms in total. The third-order valence-corrected chi connectivity index (χ3v) is 2.78. The molecule has 0 aliphatic heterocycles. The number of anilines is 1. The molecule has 0 radical (unpaired) electrons. The lowest BCUT2D eigenvalue weighted by Crippen LogP contribution is -2.34. The second-order valence-electron chi connectivity index (χ2n) is 3.38. The van der Waals surface area contributed by atoms with Gasteiger partial charge in [0.1, 0.15) is 5.82 Å². The number of amides is 1. The van der Waals surface area contributed by atoms with E-state index in [9.17, 15) is 4.79 Å². The summed E-state index contributed by atoms with van der Waals surface area (Å²) >= 11 is 1.69. The van der Waals surface area contributed by atoms with E-state index < -0.39 is 0 Å². The Hall–Kier alpha value is -1.30. The van der Waals surface area contributed by atoms with Crippen molar-refractivity contribution in [3.05, 3.63) is 17.8 Å². The molecule has 1 heterocycles. The molecule has 16 heavy (non-hydrogen) atoms. The first-order valence-corrected chi connectivity index (χ1v) is 6.38. The van der Waals surface area contributed by atoms with E-state index in [0.29, 0.717) is 11.5 Å². The molecule has 0 saturated heterocycles. The van der Waals surface area contributed by atoms with E-state index in [1.165, 1.54) is 0 Å². The molecule has 0 aliphatic carbocycles. The molecule has 1 rings (SSSR count). The van der Waals surface area contributed by atoms with Gasteiger partial charge in [0.25, 0.3) is 5.91 Å². The molecule has 1 amide bonds. The number of thioether (sulfide) groups is 1. The van der Waals surface area contributed by atoms with Crippen molar-refractivity contribution in [2.75, 3.05) is 24.4 Å². The molecule has 88 valence electrons. The van der Waals surface area contributed by atoms with Crippen LogP contribution in [0.2, 0.25) is 0 Å². The molecule has 6 heteroatoms. The van der Waals surface area contributed by atoms with Crippen molar-refractivity contribution in [2.45, 2.75) is 13.0 Å². The van der Waals surface area contributed by atoms with Crippen molar-refractivity contribution in [3.63, 3.8) is 0 Å². The van der Waals surface area contributed by atoms with Crippen molar-refractivity contribution in [1.29, 1.82) is 0 Å². The summed E-state index contributed by atoms with van der Waals surface area (Å²) < 4.78 is 0. The lowest BCUT2D eigenvalue weighted by atomic mass is 10.3. The Labute approximate surface area is 99.4 Å². The van der Waals surface area contributed by atoms with E-state index in [2.05, 4.69) is 20.8 Å². The van der Waals surface area contributed by atoms with Gasteiger partial charge in [0.2, 0.25) is 0 Å². The standard InChI is InChI=1S/C10H16N4OS/c1-7(6-16-3)12-10(15)8-4-5-9(11-2)14-13-8/h4-5,7H,6H2,1-3H3,(H,11,14)(H,12,15). The van der Waals surface area contributed by atoms with E-state index >= 15 is 0 Å². The van der Waals surface area contributed by atoms with Gasteiger partial charge in [-0.3, -0.25) is 4.79 Å². The van der Waals surface area contributed by atoms with Gasteiger partial charge in [-0.15, -0.1) is 10.2 Å². The number of nitrogens with zero attached hydrogens (tertiary/aromatic N) is 2. The van der Waals surface area contributed by atoms with Crippen molar-refractivity contribution in [1.82, 2.24) is 15.5 Å². The summed E-state index contributed by atoms with van der Waals surface area (Å²) in [5.41, 5.74) is 0.340. The summed E-state index contributed by atoms with van der Waals surface area (Å²) in [6.45, 7) is 1.96. The molecule has 1 aromatic rings. The first-order chi connectivity index (χ1) is 7.67. The molecule has 2 N–H and O–H groups in total. The fraction of sp³-hybridized carbons (Fsp3) is 0.500. The Morgan fingerprint density at radius 2 is 2.25 bits per heavy atom. The summed E-state index contributed by atoms with van der Waals surface area (Å²) in [7, 11) is 1.75. The van der Waals surface area contributed by atoms with Crippen LogP contribution in [0, 0.1) is 0 Å². The van der Waals surface area contributed by atoms with Crippen LogP contribution >= 0.6 is 11.8 Å². The van der Waals surface area contributed by atoms with Gasteiger partial charge in [-0.2, -0.15) is 11.8 Å². The van der Waals surface area contributed by atoms with E-state index in [1.807, 2.05) is 13.2 Å². The minimum Gasteiger partial charge on any atom is -0.372 e. The molecule has 0 fully saturated rings. The van der Waals surface area contributed by atoms with Crippen LogP contribution in [-0.4, -0.2) is 41.2 Å². The highest BCUT2D eigenvalue weighted by atomic mass is 32.2. The number of rotatable bonds is 5. The molecule has 0 saturated carbocycles. The fourth-order valence-corrected chi connectivity index (χ4v) is 1.76. The number of carbonyl (C=O) groups excluding carboxylic acids is 1. The predicted molar refractivity (Wildman–Crippen MR) is 66.9 cm³/mol. The van der Waals surface area contributed by atoms with E-state index in [4.69, 9.17) is 0 Å². The van der Waals surface area contributed by atoms with Crippen LogP contribution in [0.25, 0.3) is 0 Å². The molecule has 1 unspecified atom stereocenters. The van der Waals surface area contributed by atoms with Gasteiger partial charge in [0, 0.05) is 18.8 Å². The van der Waals surface area contributed by atoms with Crippen LogP contribution in [0.3, 0.4) is 0 Å². The highest BCUT2D eigenvalue weighted by Gasteiger charge is 2.10. The van der Waals surface area contributed by atoms with Gasteiger partial charge in [-0.05, 0) is 25.3 Å². The van der Waals surface area contributed by atoms with Gasteiger partial charge in [-0.25, -0.2) is 0 Å². The van der Waals surface area contributed by atoms with Gasteiger partial charge in [0.15, 0.2) is 5.69 Å².